The summed E-state index contributed by atoms with van der Waals surface area (Å²) in [5.74, 6) is 1.66. The molecule has 0 fully saturated rings. The van der Waals surface area contributed by atoms with Gasteiger partial charge in [-0.15, -0.1) is 0 Å². The summed E-state index contributed by atoms with van der Waals surface area (Å²) in [6.45, 7) is 12.0. The van der Waals surface area contributed by atoms with Crippen LogP contribution < -0.4 is 4.74 Å². The van der Waals surface area contributed by atoms with Crippen LogP contribution in [0.2, 0.25) is 18.1 Å². The van der Waals surface area contributed by atoms with Gasteiger partial charge in [-0.2, -0.15) is 0 Å². The Morgan fingerprint density at radius 3 is 2.17 bits per heavy atom. The maximum Gasteiger partial charge on any atom is 0.192 e. The third-order valence-corrected chi connectivity index (χ3v) is 9.33. The summed E-state index contributed by atoms with van der Waals surface area (Å²) in [5.41, 5.74) is 1.18. The zero-order valence-electron chi connectivity index (χ0n) is 14.5. The van der Waals surface area contributed by atoms with Gasteiger partial charge in [-0.05, 0) is 54.0 Å². The van der Waals surface area contributed by atoms with Crippen molar-refractivity contribution in [2.24, 2.45) is 0 Å². The Morgan fingerprint density at radius 2 is 1.61 bits per heavy atom. The van der Waals surface area contributed by atoms with Gasteiger partial charge in [0.1, 0.15) is 11.5 Å². The first-order valence-electron chi connectivity index (χ1n) is 7.84. The molecule has 0 N–H and O–H groups in total. The van der Waals surface area contributed by atoms with Crippen molar-refractivity contribution in [2.45, 2.75) is 45.5 Å². The van der Waals surface area contributed by atoms with Crippen LogP contribution in [0, 0.1) is 0 Å². The van der Waals surface area contributed by atoms with Gasteiger partial charge in [0.15, 0.2) is 8.32 Å². The minimum Gasteiger partial charge on any atom is -0.457 e. The van der Waals surface area contributed by atoms with Gasteiger partial charge in [0, 0.05) is 4.47 Å². The number of hydrogen-bond acceptors (Lipinski definition) is 2. The fourth-order valence-electron chi connectivity index (χ4n) is 1.80. The fourth-order valence-corrected chi connectivity index (χ4v) is 3.14. The molecule has 2 nitrogen and oxygen atoms in total. The quantitative estimate of drug-likeness (QED) is 0.522. The molecule has 124 valence electrons. The normalized spacial score (nSPS) is 12.3. The first kappa shape index (κ1) is 18.2. The summed E-state index contributed by atoms with van der Waals surface area (Å²) < 4.78 is 13.1. The molecule has 0 aliphatic rings. The van der Waals surface area contributed by atoms with Crippen molar-refractivity contribution in [1.29, 1.82) is 0 Å². The van der Waals surface area contributed by atoms with Crippen molar-refractivity contribution in [3.05, 3.63) is 58.6 Å². The molecule has 0 aliphatic heterocycles. The van der Waals surface area contributed by atoms with Crippen molar-refractivity contribution in [3.8, 4) is 11.5 Å². The lowest BCUT2D eigenvalue weighted by atomic mass is 10.2. The first-order chi connectivity index (χ1) is 10.7. The van der Waals surface area contributed by atoms with E-state index in [1.807, 2.05) is 36.4 Å². The number of benzene rings is 2. The van der Waals surface area contributed by atoms with Gasteiger partial charge < -0.3 is 9.16 Å². The van der Waals surface area contributed by atoms with E-state index in [0.29, 0.717) is 6.61 Å². The molecule has 2 aromatic rings. The summed E-state index contributed by atoms with van der Waals surface area (Å²) in [6.07, 6.45) is 0. The number of rotatable bonds is 5. The summed E-state index contributed by atoms with van der Waals surface area (Å²) in [5, 5.41) is 0.233. The van der Waals surface area contributed by atoms with E-state index >= 15 is 0 Å². The Labute approximate surface area is 149 Å². The van der Waals surface area contributed by atoms with E-state index in [9.17, 15) is 0 Å². The predicted octanol–water partition coefficient (Wildman–Crippen LogP) is 6.76. The van der Waals surface area contributed by atoms with Crippen LogP contribution in [-0.4, -0.2) is 8.32 Å². The van der Waals surface area contributed by atoms with Crippen LogP contribution >= 0.6 is 15.9 Å². The van der Waals surface area contributed by atoms with Gasteiger partial charge in [0.25, 0.3) is 0 Å². The molecule has 4 heteroatoms. The SMILES string of the molecule is CC(C)(C)[Si](C)(C)OCc1ccc(Oc2cccc(Br)c2)cc1. The summed E-state index contributed by atoms with van der Waals surface area (Å²) in [7, 11) is -1.70. The molecule has 0 aliphatic carbocycles. The second-order valence-electron chi connectivity index (χ2n) is 7.25. The molecule has 2 aromatic carbocycles. The zero-order valence-corrected chi connectivity index (χ0v) is 17.1. The molecule has 0 saturated heterocycles. The smallest absolute Gasteiger partial charge is 0.192 e. The van der Waals surface area contributed by atoms with Crippen LogP contribution in [0.1, 0.15) is 26.3 Å². The van der Waals surface area contributed by atoms with E-state index in [1.165, 1.54) is 5.56 Å². The molecule has 0 atom stereocenters. The third kappa shape index (κ3) is 5.20. The Morgan fingerprint density at radius 1 is 0.957 bits per heavy atom. The van der Waals surface area contributed by atoms with Crippen molar-refractivity contribution >= 4 is 24.2 Å². The van der Waals surface area contributed by atoms with Gasteiger partial charge in [-0.1, -0.05) is 54.9 Å². The second-order valence-corrected chi connectivity index (χ2v) is 13.0. The Balaban J connectivity index is 1.97. The summed E-state index contributed by atoms with van der Waals surface area (Å²) in [4.78, 5) is 0. The highest BCUT2D eigenvalue weighted by molar-refractivity contribution is 9.10. The molecular formula is C19H25BrO2Si. The molecule has 0 unspecified atom stereocenters. The molecule has 0 saturated carbocycles. The Hall–Kier alpha value is -1.10. The van der Waals surface area contributed by atoms with Crippen LogP contribution in [0.4, 0.5) is 0 Å². The maximum absolute atomic E-state index is 6.25. The summed E-state index contributed by atoms with van der Waals surface area (Å²) in [6, 6.07) is 16.0. The van der Waals surface area contributed by atoms with Crippen LogP contribution in [0.5, 0.6) is 11.5 Å². The lowest BCUT2D eigenvalue weighted by Gasteiger charge is -2.36. The zero-order chi connectivity index (χ0) is 17.1. The average Bonchev–Trinajstić information content (AvgIpc) is 2.45. The van der Waals surface area contributed by atoms with Gasteiger partial charge in [-0.25, -0.2) is 0 Å². The third-order valence-electron chi connectivity index (χ3n) is 4.36. The Kier molecular flexibility index (Phi) is 5.71. The van der Waals surface area contributed by atoms with Crippen LogP contribution in [0.25, 0.3) is 0 Å². The lowest BCUT2D eigenvalue weighted by Crippen LogP contribution is -2.40. The molecular weight excluding hydrogens is 368 g/mol. The van der Waals surface area contributed by atoms with Crippen molar-refractivity contribution < 1.29 is 9.16 Å². The van der Waals surface area contributed by atoms with Gasteiger partial charge >= 0.3 is 0 Å². The molecule has 23 heavy (non-hydrogen) atoms. The molecule has 2 rings (SSSR count). The number of ether oxygens (including phenoxy) is 1. The maximum atomic E-state index is 6.25. The van der Waals surface area contributed by atoms with Crippen LogP contribution in [0.15, 0.2) is 53.0 Å². The van der Waals surface area contributed by atoms with E-state index in [0.717, 1.165) is 16.0 Å². The van der Waals surface area contributed by atoms with E-state index < -0.39 is 8.32 Å². The van der Waals surface area contributed by atoms with E-state index in [-0.39, 0.29) is 5.04 Å². The summed E-state index contributed by atoms with van der Waals surface area (Å²) >= 11 is 3.45. The van der Waals surface area contributed by atoms with Crippen molar-refractivity contribution in [1.82, 2.24) is 0 Å². The second kappa shape index (κ2) is 7.20. The number of halogens is 1. The molecule has 0 spiro atoms. The highest BCUT2D eigenvalue weighted by atomic mass is 79.9. The highest BCUT2D eigenvalue weighted by Crippen LogP contribution is 2.37. The lowest BCUT2D eigenvalue weighted by molar-refractivity contribution is 0.276. The van der Waals surface area contributed by atoms with Crippen LogP contribution in [-0.2, 0) is 11.0 Å². The molecule has 0 heterocycles. The topological polar surface area (TPSA) is 18.5 Å². The van der Waals surface area contributed by atoms with E-state index in [1.54, 1.807) is 0 Å². The predicted molar refractivity (Wildman–Crippen MR) is 103 cm³/mol. The standard InChI is InChI=1S/C19H25BrO2Si/c1-19(2,3)23(4,5)21-14-15-9-11-17(12-10-15)22-18-8-6-7-16(20)13-18/h6-13H,14H2,1-5H3. The monoisotopic (exact) mass is 392 g/mol. The molecule has 0 aromatic heterocycles. The molecule has 0 bridgehead atoms. The first-order valence-corrected chi connectivity index (χ1v) is 11.5. The fraction of sp³-hybridized carbons (Fsp3) is 0.368. The van der Waals surface area contributed by atoms with E-state index in [4.69, 9.17) is 9.16 Å². The van der Waals surface area contributed by atoms with Crippen molar-refractivity contribution in [3.63, 3.8) is 0 Å². The molecule has 0 amide bonds. The van der Waals surface area contributed by atoms with E-state index in [2.05, 4.69) is 61.9 Å². The van der Waals surface area contributed by atoms with Gasteiger partial charge in [0.2, 0.25) is 0 Å². The highest BCUT2D eigenvalue weighted by Gasteiger charge is 2.36. The average molecular weight is 393 g/mol. The largest absolute Gasteiger partial charge is 0.457 e. The minimum absolute atomic E-state index is 0.233. The number of hydrogen-bond donors (Lipinski definition) is 0. The Bertz CT molecular complexity index is 645. The van der Waals surface area contributed by atoms with Crippen molar-refractivity contribution in [2.75, 3.05) is 0 Å². The van der Waals surface area contributed by atoms with Gasteiger partial charge in [0.05, 0.1) is 6.61 Å². The van der Waals surface area contributed by atoms with Crippen LogP contribution in [0.3, 0.4) is 0 Å². The minimum atomic E-state index is -1.70. The molecule has 0 radical (unpaired) electrons. The van der Waals surface area contributed by atoms with Gasteiger partial charge in [-0.3, -0.25) is 0 Å².